The molecule has 17 heavy (non-hydrogen) atoms. The number of alkyl halides is 1. The maximum atomic E-state index is 6.44. The molecule has 0 aliphatic rings. The molecule has 0 fully saturated rings. The van der Waals surface area contributed by atoms with Crippen LogP contribution in [0.5, 0.6) is 0 Å². The monoisotopic (exact) mass is 368 g/mol. The molecule has 0 aliphatic heterocycles. The van der Waals surface area contributed by atoms with E-state index in [9.17, 15) is 0 Å². The smallest absolute Gasteiger partial charge is 0.0943 e. The summed E-state index contributed by atoms with van der Waals surface area (Å²) in [5.74, 6) is 0. The fourth-order valence-electron chi connectivity index (χ4n) is 1.47. The second-order valence-electron chi connectivity index (χ2n) is 3.63. The zero-order chi connectivity index (χ0) is 12.6. The van der Waals surface area contributed by atoms with Crippen molar-refractivity contribution in [2.75, 3.05) is 0 Å². The molecule has 0 saturated carbocycles. The van der Waals surface area contributed by atoms with Gasteiger partial charge in [0.15, 0.2) is 0 Å². The van der Waals surface area contributed by atoms with Crippen molar-refractivity contribution >= 4 is 62.1 Å². The van der Waals surface area contributed by atoms with E-state index in [2.05, 4.69) is 22.0 Å². The number of thiophene rings is 1. The summed E-state index contributed by atoms with van der Waals surface area (Å²) in [5, 5.41) is 1.01. The Labute approximate surface area is 128 Å². The third-order valence-electron chi connectivity index (χ3n) is 2.36. The normalized spacial score (nSPS) is 12.8. The van der Waals surface area contributed by atoms with Gasteiger partial charge in [-0.25, -0.2) is 0 Å². The van der Waals surface area contributed by atoms with Crippen LogP contribution >= 0.6 is 62.1 Å². The van der Waals surface area contributed by atoms with Crippen LogP contribution in [0.3, 0.4) is 0 Å². The number of rotatable bonds is 2. The zero-order valence-electron chi connectivity index (χ0n) is 8.81. The van der Waals surface area contributed by atoms with Gasteiger partial charge >= 0.3 is 0 Å². The van der Waals surface area contributed by atoms with Gasteiger partial charge in [-0.1, -0.05) is 23.2 Å². The molecule has 0 aliphatic carbocycles. The van der Waals surface area contributed by atoms with E-state index in [1.165, 1.54) is 5.56 Å². The molecule has 0 spiro atoms. The second-order valence-corrected chi connectivity index (χ2v) is 7.32. The Morgan fingerprint density at radius 1 is 1.24 bits per heavy atom. The quantitative estimate of drug-likeness (QED) is 0.533. The summed E-state index contributed by atoms with van der Waals surface area (Å²) < 4.78 is 1.09. The van der Waals surface area contributed by atoms with Gasteiger partial charge in [-0.15, -0.1) is 22.9 Å². The summed E-state index contributed by atoms with van der Waals surface area (Å²) in [5.41, 5.74) is 2.02. The van der Waals surface area contributed by atoms with Crippen molar-refractivity contribution in [3.05, 3.63) is 54.1 Å². The van der Waals surface area contributed by atoms with Crippen LogP contribution in [0.1, 0.15) is 21.4 Å². The molecule has 2 aromatic rings. The average Bonchev–Trinajstić information content (AvgIpc) is 2.62. The van der Waals surface area contributed by atoms with Crippen LogP contribution in [0.15, 0.2) is 28.1 Å². The molecular weight excluding hydrogens is 362 g/mol. The molecule has 0 N–H and O–H groups in total. The first-order valence-corrected chi connectivity index (χ1v) is 7.64. The van der Waals surface area contributed by atoms with Crippen molar-refractivity contribution in [1.29, 1.82) is 0 Å². The Bertz CT molecular complexity index is 531. The highest BCUT2D eigenvalue weighted by atomic mass is 79.9. The topological polar surface area (TPSA) is 0 Å². The first kappa shape index (κ1) is 13.7. The molecule has 1 aromatic heterocycles. The molecule has 0 amide bonds. The average molecular weight is 371 g/mol. The first-order valence-electron chi connectivity index (χ1n) is 4.84. The van der Waals surface area contributed by atoms with Crippen molar-refractivity contribution in [3.8, 4) is 0 Å². The van der Waals surface area contributed by atoms with Crippen molar-refractivity contribution in [2.45, 2.75) is 12.3 Å². The fourth-order valence-corrected chi connectivity index (χ4v) is 3.88. The lowest BCUT2D eigenvalue weighted by molar-refractivity contribution is 1.18. The van der Waals surface area contributed by atoms with Crippen molar-refractivity contribution < 1.29 is 0 Å². The number of benzene rings is 1. The maximum absolute atomic E-state index is 6.44. The third kappa shape index (κ3) is 2.99. The minimum Gasteiger partial charge on any atom is -0.131 e. The summed E-state index contributed by atoms with van der Waals surface area (Å²) in [6, 6.07) is 7.39. The van der Waals surface area contributed by atoms with E-state index in [-0.39, 0.29) is 5.38 Å². The van der Waals surface area contributed by atoms with E-state index in [1.54, 1.807) is 23.5 Å². The summed E-state index contributed by atoms with van der Waals surface area (Å²) >= 11 is 23.6. The Morgan fingerprint density at radius 2 is 1.94 bits per heavy atom. The number of halogens is 4. The van der Waals surface area contributed by atoms with Gasteiger partial charge in [-0.2, -0.15) is 0 Å². The minimum absolute atomic E-state index is 0.267. The molecule has 5 heteroatoms. The van der Waals surface area contributed by atoms with E-state index < -0.39 is 0 Å². The van der Waals surface area contributed by atoms with Crippen LogP contribution < -0.4 is 0 Å². The van der Waals surface area contributed by atoms with Crippen molar-refractivity contribution in [3.63, 3.8) is 0 Å². The lowest BCUT2D eigenvalue weighted by Gasteiger charge is -2.10. The standard InChI is InChI=1S/C12H8BrCl3S/c1-6-4-10(17-12(6)13)11(16)8-5-7(14)2-3-9(8)15/h2-5,11H,1H3. The molecule has 0 radical (unpaired) electrons. The van der Waals surface area contributed by atoms with E-state index in [0.717, 1.165) is 14.2 Å². The van der Waals surface area contributed by atoms with Gasteiger partial charge < -0.3 is 0 Å². The molecule has 1 heterocycles. The number of hydrogen-bond acceptors (Lipinski definition) is 1. The minimum atomic E-state index is -0.267. The second kappa shape index (κ2) is 5.50. The summed E-state index contributed by atoms with van der Waals surface area (Å²) in [4.78, 5) is 1.06. The van der Waals surface area contributed by atoms with Gasteiger partial charge in [0.2, 0.25) is 0 Å². The highest BCUT2D eigenvalue weighted by Gasteiger charge is 2.17. The SMILES string of the molecule is Cc1cc(C(Cl)c2cc(Cl)ccc2Cl)sc1Br. The Hall–Kier alpha value is 0.270. The summed E-state index contributed by atoms with van der Waals surface area (Å²) in [6.45, 7) is 2.03. The molecule has 0 saturated heterocycles. The molecule has 1 aromatic carbocycles. The molecule has 1 unspecified atom stereocenters. The zero-order valence-corrected chi connectivity index (χ0v) is 13.5. The van der Waals surface area contributed by atoms with E-state index in [1.807, 2.05) is 13.0 Å². The lowest BCUT2D eigenvalue weighted by Crippen LogP contribution is -1.91. The van der Waals surface area contributed by atoms with Crippen LogP contribution in [0.25, 0.3) is 0 Å². The van der Waals surface area contributed by atoms with Gasteiger partial charge in [0.05, 0.1) is 9.16 Å². The Morgan fingerprint density at radius 3 is 2.53 bits per heavy atom. The van der Waals surface area contributed by atoms with Gasteiger partial charge in [-0.3, -0.25) is 0 Å². The van der Waals surface area contributed by atoms with Gasteiger partial charge in [0, 0.05) is 14.9 Å². The number of hydrogen-bond donors (Lipinski definition) is 0. The molecule has 0 nitrogen and oxygen atoms in total. The largest absolute Gasteiger partial charge is 0.131 e. The molecule has 1 atom stereocenters. The summed E-state index contributed by atoms with van der Waals surface area (Å²) in [7, 11) is 0. The van der Waals surface area contributed by atoms with E-state index >= 15 is 0 Å². The molecular formula is C12H8BrCl3S. The predicted octanol–water partition coefficient (Wildman–Crippen LogP) is 6.45. The fraction of sp³-hybridized carbons (Fsp3) is 0.167. The Balaban J connectivity index is 2.42. The Kier molecular flexibility index (Phi) is 4.43. The van der Waals surface area contributed by atoms with Crippen LogP contribution in [0, 0.1) is 6.92 Å². The highest BCUT2D eigenvalue weighted by molar-refractivity contribution is 9.11. The van der Waals surface area contributed by atoms with E-state index in [0.29, 0.717) is 10.0 Å². The van der Waals surface area contributed by atoms with Crippen molar-refractivity contribution in [1.82, 2.24) is 0 Å². The van der Waals surface area contributed by atoms with Crippen LogP contribution in [-0.4, -0.2) is 0 Å². The van der Waals surface area contributed by atoms with Crippen LogP contribution in [0.4, 0.5) is 0 Å². The molecule has 90 valence electrons. The van der Waals surface area contributed by atoms with Crippen molar-refractivity contribution in [2.24, 2.45) is 0 Å². The van der Waals surface area contributed by atoms with E-state index in [4.69, 9.17) is 34.8 Å². The van der Waals surface area contributed by atoms with Crippen LogP contribution in [0.2, 0.25) is 10.0 Å². The summed E-state index contributed by atoms with van der Waals surface area (Å²) in [6.07, 6.45) is 0. The molecule has 2 rings (SSSR count). The lowest BCUT2D eigenvalue weighted by atomic mass is 10.1. The molecule has 0 bridgehead atoms. The van der Waals surface area contributed by atoms with Crippen LogP contribution in [-0.2, 0) is 0 Å². The third-order valence-corrected chi connectivity index (χ3v) is 5.74. The van der Waals surface area contributed by atoms with Gasteiger partial charge in [0.25, 0.3) is 0 Å². The van der Waals surface area contributed by atoms with Gasteiger partial charge in [-0.05, 0) is 58.2 Å². The first-order chi connectivity index (χ1) is 7.99. The van der Waals surface area contributed by atoms with Gasteiger partial charge in [0.1, 0.15) is 0 Å². The highest BCUT2D eigenvalue weighted by Crippen LogP contribution is 2.40. The maximum Gasteiger partial charge on any atom is 0.0943 e. The predicted molar refractivity (Wildman–Crippen MR) is 80.9 cm³/mol. The number of aryl methyl sites for hydroxylation is 1.